The highest BCUT2D eigenvalue weighted by molar-refractivity contribution is 6.27. The molecule has 0 fully saturated rings. The van der Waals surface area contributed by atoms with Crippen LogP contribution in [-0.2, 0) is 16.6 Å². The molecule has 11 heteroatoms. The Hall–Kier alpha value is -4.54. The van der Waals surface area contributed by atoms with Gasteiger partial charge < -0.3 is 19.9 Å². The van der Waals surface area contributed by atoms with Gasteiger partial charge in [0.1, 0.15) is 5.52 Å². The lowest BCUT2D eigenvalue weighted by Crippen LogP contribution is -2.11. The van der Waals surface area contributed by atoms with Crippen LogP contribution in [0, 0.1) is 0 Å². The summed E-state index contributed by atoms with van der Waals surface area (Å²) in [4.78, 5) is 33.5. The Morgan fingerprint density at radius 1 is 0.935 bits per heavy atom. The first-order valence-electron chi connectivity index (χ1n) is 8.84. The molecule has 0 amide bonds. The lowest BCUT2D eigenvalue weighted by molar-refractivity contribution is -0.159. The van der Waals surface area contributed by atoms with Gasteiger partial charge in [-0.05, 0) is 35.4 Å². The van der Waals surface area contributed by atoms with Crippen LogP contribution >= 0.6 is 0 Å². The van der Waals surface area contributed by atoms with Crippen molar-refractivity contribution in [3.05, 3.63) is 77.9 Å². The van der Waals surface area contributed by atoms with Crippen LogP contribution in [0.4, 0.5) is 0 Å². The normalized spacial score (nSPS) is 11.4. The van der Waals surface area contributed by atoms with E-state index in [-0.39, 0.29) is 11.6 Å². The average Bonchev–Trinajstić information content (AvgIpc) is 3.40. The predicted molar refractivity (Wildman–Crippen MR) is 107 cm³/mol. The second-order valence-corrected chi connectivity index (χ2v) is 6.41. The van der Waals surface area contributed by atoms with E-state index in [9.17, 15) is 4.79 Å². The van der Waals surface area contributed by atoms with E-state index in [2.05, 4.69) is 15.3 Å². The number of hydrogen-bond donors (Lipinski definition) is 3. The van der Waals surface area contributed by atoms with Crippen molar-refractivity contribution in [3.63, 3.8) is 0 Å². The zero-order chi connectivity index (χ0) is 22.5. The third-order valence-corrected chi connectivity index (χ3v) is 4.43. The van der Waals surface area contributed by atoms with Crippen LogP contribution in [-0.4, -0.2) is 57.8 Å². The van der Waals surface area contributed by atoms with Gasteiger partial charge >= 0.3 is 17.9 Å². The number of imidazole rings is 1. The van der Waals surface area contributed by atoms with Crippen molar-refractivity contribution in [1.82, 2.24) is 24.5 Å². The number of aryl methyl sites for hydroxylation is 1. The Morgan fingerprint density at radius 3 is 2.13 bits per heavy atom. The van der Waals surface area contributed by atoms with Gasteiger partial charge in [-0.2, -0.15) is 0 Å². The van der Waals surface area contributed by atoms with E-state index in [0.717, 1.165) is 22.2 Å². The van der Waals surface area contributed by atoms with E-state index in [1.807, 2.05) is 48.1 Å². The number of aromatic nitrogens is 5. The van der Waals surface area contributed by atoms with Crippen LogP contribution < -0.4 is 0 Å². The first kappa shape index (κ1) is 21.2. The summed E-state index contributed by atoms with van der Waals surface area (Å²) >= 11 is 0. The van der Waals surface area contributed by atoms with E-state index in [0.29, 0.717) is 0 Å². The maximum Gasteiger partial charge on any atom is 0.414 e. The van der Waals surface area contributed by atoms with Crippen LogP contribution in [0.25, 0.3) is 11.0 Å². The molecule has 0 radical (unpaired) electrons. The highest BCUT2D eigenvalue weighted by Gasteiger charge is 2.18. The number of fused-ring (bicyclic) bond motifs is 1. The van der Waals surface area contributed by atoms with Gasteiger partial charge in [-0.25, -0.2) is 24.0 Å². The highest BCUT2D eigenvalue weighted by Crippen LogP contribution is 2.28. The molecule has 0 aliphatic carbocycles. The lowest BCUT2D eigenvalue weighted by Gasteiger charge is -2.20. The van der Waals surface area contributed by atoms with Gasteiger partial charge in [-0.1, -0.05) is 23.4 Å². The van der Waals surface area contributed by atoms with Crippen LogP contribution in [0.5, 0.6) is 0 Å². The fraction of sp³-hybridized carbons (Fsp3) is 0.100. The third kappa shape index (κ3) is 4.72. The smallest absolute Gasteiger partial charge is 0.414 e. The summed E-state index contributed by atoms with van der Waals surface area (Å²) in [6.45, 7) is 0. The van der Waals surface area contributed by atoms with Crippen molar-refractivity contribution in [2.45, 2.75) is 6.04 Å². The van der Waals surface area contributed by atoms with E-state index in [4.69, 9.17) is 24.9 Å². The molecule has 4 aromatic rings. The number of aliphatic carboxylic acids is 2. The van der Waals surface area contributed by atoms with Gasteiger partial charge in [-0.3, -0.25) is 0 Å². The van der Waals surface area contributed by atoms with Crippen molar-refractivity contribution >= 4 is 28.9 Å². The molecule has 0 saturated carbocycles. The van der Waals surface area contributed by atoms with Crippen LogP contribution in [0.3, 0.4) is 0 Å². The number of nitrogens with zero attached hydrogens (tertiary/aromatic N) is 5. The van der Waals surface area contributed by atoms with Crippen LogP contribution in [0.15, 0.2) is 61.2 Å². The molecule has 158 valence electrons. The van der Waals surface area contributed by atoms with Gasteiger partial charge in [0, 0.05) is 19.4 Å². The average molecular weight is 423 g/mol. The molecule has 3 N–H and O–H groups in total. The summed E-state index contributed by atoms with van der Waals surface area (Å²) in [6, 6.07) is 12.8. The molecule has 0 saturated heterocycles. The number of rotatable bonds is 4. The molecule has 2 aromatic heterocycles. The predicted octanol–water partition coefficient (Wildman–Crippen LogP) is 1.66. The third-order valence-electron chi connectivity index (χ3n) is 4.43. The SMILES string of the molecule is Cn1nnc2ccc(C(c3ccc(C(=O)O)cc3)n3ccnc3)cc21.O=C(O)C(=O)O. The summed E-state index contributed by atoms with van der Waals surface area (Å²) in [5.74, 6) is -4.59. The first-order valence-corrected chi connectivity index (χ1v) is 8.84. The number of hydrogen-bond acceptors (Lipinski definition) is 6. The molecule has 31 heavy (non-hydrogen) atoms. The molecule has 0 aliphatic rings. The Morgan fingerprint density at radius 2 is 1.58 bits per heavy atom. The zero-order valence-corrected chi connectivity index (χ0v) is 16.2. The summed E-state index contributed by atoms with van der Waals surface area (Å²) in [5.41, 5.74) is 4.04. The number of benzene rings is 2. The fourth-order valence-electron chi connectivity index (χ4n) is 2.98. The monoisotopic (exact) mass is 423 g/mol. The van der Waals surface area contributed by atoms with E-state index < -0.39 is 17.9 Å². The Balaban J connectivity index is 0.000000401. The minimum atomic E-state index is -1.82. The minimum absolute atomic E-state index is 0.121. The van der Waals surface area contributed by atoms with Crippen molar-refractivity contribution in [2.24, 2.45) is 7.05 Å². The van der Waals surface area contributed by atoms with Gasteiger partial charge in [0.05, 0.1) is 23.4 Å². The largest absolute Gasteiger partial charge is 0.478 e. The molecule has 0 aliphatic heterocycles. The molecule has 1 unspecified atom stereocenters. The second-order valence-electron chi connectivity index (χ2n) is 6.41. The molecule has 0 spiro atoms. The summed E-state index contributed by atoms with van der Waals surface area (Å²) in [7, 11) is 1.85. The Labute approximate surface area is 174 Å². The number of aromatic carboxylic acids is 1. The van der Waals surface area contributed by atoms with Crippen molar-refractivity contribution in [1.29, 1.82) is 0 Å². The van der Waals surface area contributed by atoms with Crippen molar-refractivity contribution < 1.29 is 29.7 Å². The maximum atomic E-state index is 11.1. The molecule has 11 nitrogen and oxygen atoms in total. The molecular weight excluding hydrogens is 406 g/mol. The quantitative estimate of drug-likeness (QED) is 0.415. The van der Waals surface area contributed by atoms with Crippen molar-refractivity contribution in [2.75, 3.05) is 0 Å². The Kier molecular flexibility index (Phi) is 6.05. The molecule has 0 bridgehead atoms. The minimum Gasteiger partial charge on any atom is -0.478 e. The topological polar surface area (TPSA) is 160 Å². The van der Waals surface area contributed by atoms with Crippen LogP contribution in [0.2, 0.25) is 0 Å². The summed E-state index contributed by atoms with van der Waals surface area (Å²) in [5, 5.41) is 32.0. The van der Waals surface area contributed by atoms with E-state index in [1.165, 1.54) is 0 Å². The molecule has 1 atom stereocenters. The summed E-state index contributed by atoms with van der Waals surface area (Å²) < 4.78 is 3.72. The fourth-order valence-corrected chi connectivity index (χ4v) is 2.98. The Bertz CT molecular complexity index is 1220. The van der Waals surface area contributed by atoms with Crippen LogP contribution in [0.1, 0.15) is 27.5 Å². The zero-order valence-electron chi connectivity index (χ0n) is 16.2. The molecule has 2 aromatic carbocycles. The molecule has 4 rings (SSSR count). The first-order chi connectivity index (χ1) is 14.8. The van der Waals surface area contributed by atoms with Gasteiger partial charge in [0.2, 0.25) is 0 Å². The van der Waals surface area contributed by atoms with E-state index >= 15 is 0 Å². The number of carbonyl (C=O) groups is 3. The molecule has 2 heterocycles. The van der Waals surface area contributed by atoms with Gasteiger partial charge in [0.25, 0.3) is 0 Å². The number of carboxylic acid groups (broad SMARTS) is 3. The summed E-state index contributed by atoms with van der Waals surface area (Å²) in [6.07, 6.45) is 5.37. The highest BCUT2D eigenvalue weighted by atomic mass is 16.4. The van der Waals surface area contributed by atoms with E-state index in [1.54, 1.807) is 29.3 Å². The van der Waals surface area contributed by atoms with Crippen molar-refractivity contribution in [3.8, 4) is 0 Å². The standard InChI is InChI=1S/C18H15N5O2.C2H2O4/c1-22-16-10-14(6-7-15(16)20-21-22)17(23-9-8-19-11-23)12-2-4-13(5-3-12)18(24)25;3-1(4)2(5)6/h2-11,17H,1H3,(H,24,25);(H,3,4)(H,5,6). The maximum absolute atomic E-state index is 11.1. The second kappa shape index (κ2) is 8.86. The lowest BCUT2D eigenvalue weighted by atomic mass is 9.97. The number of carboxylic acids is 3. The van der Waals surface area contributed by atoms with Gasteiger partial charge in [-0.15, -0.1) is 5.10 Å². The van der Waals surface area contributed by atoms with Gasteiger partial charge in [0.15, 0.2) is 0 Å². The molecular formula is C20H17N5O6.